The molecule has 0 saturated heterocycles. The molecule has 0 bridgehead atoms. The Labute approximate surface area is 76.8 Å². The van der Waals surface area contributed by atoms with E-state index in [-0.39, 0.29) is 23.3 Å². The van der Waals surface area contributed by atoms with Crippen LogP contribution < -0.4 is 0 Å². The Balaban J connectivity index is 3.51. The maximum absolute atomic E-state index is 10.3. The van der Waals surface area contributed by atoms with Gasteiger partial charge in [0.25, 0.3) is 0 Å². The molecule has 0 aromatic rings. The summed E-state index contributed by atoms with van der Waals surface area (Å²) in [5.74, 6) is -0.324. The van der Waals surface area contributed by atoms with Crippen LogP contribution in [0.25, 0.3) is 0 Å². The van der Waals surface area contributed by atoms with E-state index in [4.69, 9.17) is 23.2 Å². The summed E-state index contributed by atoms with van der Waals surface area (Å²) in [6.07, 6.45) is 0.775. The van der Waals surface area contributed by atoms with Crippen LogP contribution in [0, 0.1) is 0 Å². The van der Waals surface area contributed by atoms with Crippen LogP contribution in [0.5, 0.6) is 0 Å². The smallest absolute Gasteiger partial charge is 0.302 e. The second-order valence-corrected chi connectivity index (χ2v) is 3.36. The van der Waals surface area contributed by atoms with Crippen LogP contribution in [0.2, 0.25) is 0 Å². The highest BCUT2D eigenvalue weighted by Gasteiger charge is 2.15. The van der Waals surface area contributed by atoms with Gasteiger partial charge in [-0.1, -0.05) is 6.92 Å². The number of hydrogen-bond donors (Lipinski definition) is 0. The lowest BCUT2D eigenvalue weighted by Crippen LogP contribution is -2.21. The number of alkyl halides is 2. The molecule has 0 fully saturated rings. The zero-order valence-electron chi connectivity index (χ0n) is 6.64. The predicted octanol–water partition coefficient (Wildman–Crippen LogP) is 2.17. The SMILES string of the molecule is CCC(Cl)C(Cl)COC(C)=O. The summed E-state index contributed by atoms with van der Waals surface area (Å²) >= 11 is 11.5. The fourth-order valence-electron chi connectivity index (χ4n) is 0.557. The highest BCUT2D eigenvalue weighted by Crippen LogP contribution is 2.13. The molecule has 0 aliphatic heterocycles. The average molecular weight is 199 g/mol. The van der Waals surface area contributed by atoms with Crippen molar-refractivity contribution >= 4 is 29.2 Å². The van der Waals surface area contributed by atoms with Gasteiger partial charge in [0.1, 0.15) is 6.61 Å². The normalized spacial score (nSPS) is 15.6. The molecule has 0 aliphatic carbocycles. The number of esters is 1. The molecule has 66 valence electrons. The second-order valence-electron chi connectivity index (χ2n) is 2.24. The Hall–Kier alpha value is 0.0500. The van der Waals surface area contributed by atoms with Gasteiger partial charge < -0.3 is 4.74 Å². The van der Waals surface area contributed by atoms with E-state index in [2.05, 4.69) is 4.74 Å². The summed E-state index contributed by atoms with van der Waals surface area (Å²) in [5.41, 5.74) is 0. The van der Waals surface area contributed by atoms with Crippen molar-refractivity contribution in [3.8, 4) is 0 Å². The minimum atomic E-state index is -0.324. The van der Waals surface area contributed by atoms with Crippen molar-refractivity contribution in [3.05, 3.63) is 0 Å². The lowest BCUT2D eigenvalue weighted by molar-refractivity contribution is -0.140. The van der Waals surface area contributed by atoms with E-state index in [0.717, 1.165) is 6.42 Å². The van der Waals surface area contributed by atoms with Crippen LogP contribution >= 0.6 is 23.2 Å². The molecule has 0 aromatic carbocycles. The summed E-state index contributed by atoms with van der Waals surface area (Å²) in [7, 11) is 0. The van der Waals surface area contributed by atoms with Gasteiger partial charge in [-0.05, 0) is 6.42 Å². The average Bonchev–Trinajstić information content (AvgIpc) is 1.98. The van der Waals surface area contributed by atoms with Gasteiger partial charge in [-0.25, -0.2) is 0 Å². The lowest BCUT2D eigenvalue weighted by atomic mass is 10.2. The molecule has 0 rings (SSSR count). The number of rotatable bonds is 4. The third kappa shape index (κ3) is 5.33. The quantitative estimate of drug-likeness (QED) is 0.512. The van der Waals surface area contributed by atoms with E-state index < -0.39 is 0 Å². The van der Waals surface area contributed by atoms with Crippen molar-refractivity contribution in [2.24, 2.45) is 0 Å². The van der Waals surface area contributed by atoms with E-state index in [1.165, 1.54) is 6.92 Å². The van der Waals surface area contributed by atoms with Crippen molar-refractivity contribution in [2.45, 2.75) is 31.0 Å². The predicted molar refractivity (Wildman–Crippen MR) is 46.2 cm³/mol. The molecular weight excluding hydrogens is 187 g/mol. The molecule has 2 unspecified atom stereocenters. The van der Waals surface area contributed by atoms with Crippen LogP contribution in [-0.4, -0.2) is 23.3 Å². The standard InChI is InChI=1S/C7H12Cl2O2/c1-3-6(8)7(9)4-11-5(2)10/h6-7H,3-4H2,1-2H3. The van der Waals surface area contributed by atoms with Crippen molar-refractivity contribution in [1.29, 1.82) is 0 Å². The largest absolute Gasteiger partial charge is 0.464 e. The fraction of sp³-hybridized carbons (Fsp3) is 0.857. The van der Waals surface area contributed by atoms with Crippen LogP contribution in [0.4, 0.5) is 0 Å². The number of halogens is 2. The number of hydrogen-bond acceptors (Lipinski definition) is 2. The number of carbonyl (C=O) groups excluding carboxylic acids is 1. The molecule has 0 heterocycles. The second kappa shape index (κ2) is 5.67. The summed E-state index contributed by atoms with van der Waals surface area (Å²) in [6, 6.07) is 0. The minimum absolute atomic E-state index is 0.129. The van der Waals surface area contributed by atoms with Gasteiger partial charge in [0, 0.05) is 6.92 Å². The van der Waals surface area contributed by atoms with E-state index in [1.807, 2.05) is 6.92 Å². The van der Waals surface area contributed by atoms with Gasteiger partial charge in [-0.15, -0.1) is 23.2 Å². The van der Waals surface area contributed by atoms with Gasteiger partial charge in [0.05, 0.1) is 10.8 Å². The van der Waals surface area contributed by atoms with Crippen molar-refractivity contribution in [1.82, 2.24) is 0 Å². The molecular formula is C7H12Cl2O2. The zero-order valence-corrected chi connectivity index (χ0v) is 8.15. The van der Waals surface area contributed by atoms with Gasteiger partial charge in [0.2, 0.25) is 0 Å². The molecule has 0 radical (unpaired) electrons. The summed E-state index contributed by atoms with van der Waals surface area (Å²) in [5, 5.41) is -0.415. The maximum Gasteiger partial charge on any atom is 0.302 e. The molecule has 11 heavy (non-hydrogen) atoms. The zero-order chi connectivity index (χ0) is 8.85. The van der Waals surface area contributed by atoms with Gasteiger partial charge >= 0.3 is 5.97 Å². The molecule has 2 atom stereocenters. The van der Waals surface area contributed by atoms with Gasteiger partial charge in [-0.2, -0.15) is 0 Å². The molecule has 0 spiro atoms. The van der Waals surface area contributed by atoms with Crippen molar-refractivity contribution in [2.75, 3.05) is 6.61 Å². The van der Waals surface area contributed by atoms with Gasteiger partial charge in [0.15, 0.2) is 0 Å². The Bertz CT molecular complexity index is 128. The topological polar surface area (TPSA) is 26.3 Å². The van der Waals surface area contributed by atoms with Crippen LogP contribution in [-0.2, 0) is 9.53 Å². The maximum atomic E-state index is 10.3. The van der Waals surface area contributed by atoms with Crippen LogP contribution in [0.3, 0.4) is 0 Å². The first kappa shape index (κ1) is 11.1. The molecule has 2 nitrogen and oxygen atoms in total. The van der Waals surface area contributed by atoms with Crippen molar-refractivity contribution < 1.29 is 9.53 Å². The van der Waals surface area contributed by atoms with E-state index in [0.29, 0.717) is 0 Å². The molecule has 0 amide bonds. The lowest BCUT2D eigenvalue weighted by Gasteiger charge is -2.13. The number of ether oxygens (including phenoxy) is 1. The first-order valence-electron chi connectivity index (χ1n) is 3.49. The first-order chi connectivity index (χ1) is 5.07. The van der Waals surface area contributed by atoms with E-state index in [9.17, 15) is 4.79 Å². The van der Waals surface area contributed by atoms with Crippen molar-refractivity contribution in [3.63, 3.8) is 0 Å². The summed E-state index contributed by atoms with van der Waals surface area (Å²) in [4.78, 5) is 10.3. The third-order valence-corrected chi connectivity index (χ3v) is 2.40. The third-order valence-electron chi connectivity index (χ3n) is 1.23. The molecule has 4 heteroatoms. The number of carbonyl (C=O) groups is 1. The molecule has 0 saturated carbocycles. The molecule has 0 aromatic heterocycles. The van der Waals surface area contributed by atoms with Crippen LogP contribution in [0.15, 0.2) is 0 Å². The Morgan fingerprint density at radius 3 is 2.36 bits per heavy atom. The Kier molecular flexibility index (Phi) is 5.69. The Morgan fingerprint density at radius 1 is 1.45 bits per heavy atom. The van der Waals surface area contributed by atoms with Crippen LogP contribution in [0.1, 0.15) is 20.3 Å². The fourth-order valence-corrected chi connectivity index (χ4v) is 0.871. The van der Waals surface area contributed by atoms with Gasteiger partial charge in [-0.3, -0.25) is 4.79 Å². The minimum Gasteiger partial charge on any atom is -0.464 e. The molecule has 0 aliphatic rings. The monoisotopic (exact) mass is 198 g/mol. The first-order valence-corrected chi connectivity index (χ1v) is 4.36. The highest BCUT2D eigenvalue weighted by atomic mass is 35.5. The summed E-state index contributed by atoms with van der Waals surface area (Å²) < 4.78 is 4.67. The van der Waals surface area contributed by atoms with E-state index >= 15 is 0 Å². The van der Waals surface area contributed by atoms with E-state index in [1.54, 1.807) is 0 Å². The molecule has 0 N–H and O–H groups in total. The summed E-state index contributed by atoms with van der Waals surface area (Å²) in [6.45, 7) is 3.47. The Morgan fingerprint density at radius 2 is 2.00 bits per heavy atom. The highest BCUT2D eigenvalue weighted by molar-refractivity contribution is 6.30.